The van der Waals surface area contributed by atoms with Crippen LogP contribution < -0.4 is 11.1 Å². The van der Waals surface area contributed by atoms with Crippen LogP contribution in [0, 0.1) is 0 Å². The number of urea groups is 1. The van der Waals surface area contributed by atoms with Gasteiger partial charge < -0.3 is 15.2 Å². The molecule has 0 bridgehead atoms. The van der Waals surface area contributed by atoms with Crippen LogP contribution in [-0.4, -0.2) is 52.6 Å². The second kappa shape index (κ2) is 4.87. The number of carbonyl (C=O) groups is 2. The summed E-state index contributed by atoms with van der Waals surface area (Å²) in [5.74, 6) is -0.436. The topological polar surface area (TPSA) is 105 Å². The van der Waals surface area contributed by atoms with Gasteiger partial charge in [-0.15, -0.1) is 0 Å². The molecule has 106 valence electrons. The predicted octanol–water partition coefficient (Wildman–Crippen LogP) is -0.785. The van der Waals surface area contributed by atoms with Gasteiger partial charge in [0, 0.05) is 12.6 Å². The largest absolute Gasteiger partial charge is 0.394 e. The van der Waals surface area contributed by atoms with Gasteiger partial charge >= 0.3 is 6.03 Å². The highest BCUT2D eigenvalue weighted by Gasteiger charge is 2.44. The molecule has 0 spiro atoms. The van der Waals surface area contributed by atoms with Crippen molar-refractivity contribution in [2.24, 2.45) is 5.73 Å². The van der Waals surface area contributed by atoms with Gasteiger partial charge in [0.25, 0.3) is 0 Å². The zero-order chi connectivity index (χ0) is 14.2. The maximum absolute atomic E-state index is 13.7. The first-order valence-corrected chi connectivity index (χ1v) is 5.87. The van der Waals surface area contributed by atoms with Crippen molar-refractivity contribution in [1.29, 1.82) is 0 Å². The van der Waals surface area contributed by atoms with Crippen molar-refractivity contribution in [3.63, 3.8) is 0 Å². The second-order valence-electron chi connectivity index (χ2n) is 4.66. The highest BCUT2D eigenvalue weighted by atomic mass is 19.1. The van der Waals surface area contributed by atoms with Crippen molar-refractivity contribution < 1.29 is 23.8 Å². The molecule has 2 aliphatic rings. The Bertz CT molecular complexity index is 430. The minimum Gasteiger partial charge on any atom is -0.394 e. The van der Waals surface area contributed by atoms with E-state index in [1.54, 1.807) is 0 Å². The normalized spacial score (nSPS) is 38.4. The van der Waals surface area contributed by atoms with E-state index in [0.717, 1.165) is 4.90 Å². The number of ketones is 1. The van der Waals surface area contributed by atoms with E-state index in [1.807, 2.05) is 0 Å². The number of hydrogen-bond acceptors (Lipinski definition) is 5. The number of nitrogens with one attached hydrogen (secondary N) is 1. The molecule has 0 aromatic heterocycles. The van der Waals surface area contributed by atoms with Gasteiger partial charge in [0.2, 0.25) is 0 Å². The molecular weight excluding hydrogens is 257 g/mol. The summed E-state index contributed by atoms with van der Waals surface area (Å²) in [6, 6.07) is -0.716. The first-order chi connectivity index (χ1) is 8.87. The number of Topliss-reactive ketones (excluding diaryl/α,β-unsaturated/α-hetero) is 1. The van der Waals surface area contributed by atoms with E-state index >= 15 is 0 Å². The standard InChI is InChI=1S/C11H16FN3O4/c1-6(17)11(13)2-3-15(10(18)14-11)9-8(12)4-7(5-16)19-9/h2-3,7-9,16H,4-5,13H2,1H3,(H,14,18)/t7-,8+,9+,11?/m0/s1. The number of hydrogen-bond donors (Lipinski definition) is 3. The maximum Gasteiger partial charge on any atom is 0.325 e. The molecular formula is C11H16FN3O4. The lowest BCUT2D eigenvalue weighted by Gasteiger charge is -2.35. The Morgan fingerprint density at radius 3 is 2.95 bits per heavy atom. The predicted molar refractivity (Wildman–Crippen MR) is 62.4 cm³/mol. The second-order valence-corrected chi connectivity index (χ2v) is 4.66. The third-order valence-corrected chi connectivity index (χ3v) is 3.24. The highest BCUT2D eigenvalue weighted by Crippen LogP contribution is 2.27. The fourth-order valence-electron chi connectivity index (χ4n) is 2.02. The van der Waals surface area contributed by atoms with E-state index in [2.05, 4.69) is 5.32 Å². The Morgan fingerprint density at radius 2 is 2.47 bits per heavy atom. The van der Waals surface area contributed by atoms with E-state index in [-0.39, 0.29) is 13.0 Å². The number of carbonyl (C=O) groups excluding carboxylic acids is 2. The average Bonchev–Trinajstić information content (AvgIpc) is 2.70. The van der Waals surface area contributed by atoms with E-state index in [4.69, 9.17) is 15.6 Å². The molecule has 19 heavy (non-hydrogen) atoms. The molecule has 0 saturated carbocycles. The van der Waals surface area contributed by atoms with Gasteiger partial charge in [-0.3, -0.25) is 15.4 Å². The summed E-state index contributed by atoms with van der Waals surface area (Å²) in [6.45, 7) is 0.927. The van der Waals surface area contributed by atoms with Gasteiger partial charge in [-0.05, 0) is 13.0 Å². The molecule has 8 heteroatoms. The van der Waals surface area contributed by atoms with Gasteiger partial charge in [0.05, 0.1) is 12.7 Å². The Hall–Kier alpha value is -1.51. The molecule has 2 rings (SSSR count). The number of alkyl halides is 1. The average molecular weight is 273 g/mol. The fourth-order valence-corrected chi connectivity index (χ4v) is 2.02. The van der Waals surface area contributed by atoms with Gasteiger partial charge in [0.1, 0.15) is 6.17 Å². The van der Waals surface area contributed by atoms with Crippen molar-refractivity contribution >= 4 is 11.8 Å². The van der Waals surface area contributed by atoms with Crippen molar-refractivity contribution in [1.82, 2.24) is 10.2 Å². The first-order valence-electron chi connectivity index (χ1n) is 5.87. The van der Waals surface area contributed by atoms with Crippen LogP contribution in [0.2, 0.25) is 0 Å². The van der Waals surface area contributed by atoms with Crippen molar-refractivity contribution in [2.75, 3.05) is 6.61 Å². The van der Waals surface area contributed by atoms with Gasteiger partial charge in [-0.1, -0.05) is 0 Å². The van der Waals surface area contributed by atoms with Crippen LogP contribution in [0.4, 0.5) is 9.18 Å². The van der Waals surface area contributed by atoms with Crippen LogP contribution in [0.3, 0.4) is 0 Å². The molecule has 4 N–H and O–H groups in total. The number of ether oxygens (including phenoxy) is 1. The number of amides is 2. The van der Waals surface area contributed by atoms with Crippen molar-refractivity contribution in [3.05, 3.63) is 12.3 Å². The summed E-state index contributed by atoms with van der Waals surface area (Å²) in [4.78, 5) is 24.2. The summed E-state index contributed by atoms with van der Waals surface area (Å²) in [5.41, 5.74) is 4.10. The minimum absolute atomic E-state index is 0.0132. The quantitative estimate of drug-likeness (QED) is 0.625. The Balaban J connectivity index is 2.15. The van der Waals surface area contributed by atoms with E-state index < -0.39 is 36.0 Å². The number of rotatable bonds is 3. The van der Waals surface area contributed by atoms with Crippen LogP contribution in [0.5, 0.6) is 0 Å². The lowest BCUT2D eigenvalue weighted by molar-refractivity contribution is -0.121. The van der Waals surface area contributed by atoms with Crippen LogP contribution in [-0.2, 0) is 9.53 Å². The van der Waals surface area contributed by atoms with Crippen LogP contribution in [0.1, 0.15) is 13.3 Å². The molecule has 1 unspecified atom stereocenters. The van der Waals surface area contributed by atoms with Crippen molar-refractivity contribution in [3.8, 4) is 0 Å². The lowest BCUT2D eigenvalue weighted by atomic mass is 10.1. The Morgan fingerprint density at radius 1 is 1.79 bits per heavy atom. The zero-order valence-electron chi connectivity index (χ0n) is 10.4. The van der Waals surface area contributed by atoms with Crippen LogP contribution in [0.25, 0.3) is 0 Å². The number of aliphatic hydroxyl groups is 1. The zero-order valence-corrected chi connectivity index (χ0v) is 10.4. The van der Waals surface area contributed by atoms with Crippen molar-refractivity contribution in [2.45, 2.75) is 37.5 Å². The summed E-state index contributed by atoms with van der Waals surface area (Å²) >= 11 is 0. The lowest BCUT2D eigenvalue weighted by Crippen LogP contribution is -2.65. The minimum atomic E-state index is -1.58. The van der Waals surface area contributed by atoms with Crippen LogP contribution >= 0.6 is 0 Å². The van der Waals surface area contributed by atoms with Gasteiger partial charge in [-0.25, -0.2) is 9.18 Å². The first kappa shape index (κ1) is 13.9. The summed E-state index contributed by atoms with van der Waals surface area (Å²) < 4.78 is 19.0. The molecule has 2 heterocycles. The molecule has 1 fully saturated rings. The number of halogens is 1. The Labute approximate surface area is 109 Å². The number of nitrogens with zero attached hydrogens (tertiary/aromatic N) is 1. The summed E-state index contributed by atoms with van der Waals surface area (Å²) in [5, 5.41) is 11.2. The molecule has 0 aromatic rings. The van der Waals surface area contributed by atoms with Crippen LogP contribution in [0.15, 0.2) is 12.3 Å². The fraction of sp³-hybridized carbons (Fsp3) is 0.636. The maximum atomic E-state index is 13.7. The van der Waals surface area contributed by atoms with Gasteiger partial charge in [-0.2, -0.15) is 0 Å². The highest BCUT2D eigenvalue weighted by molar-refractivity contribution is 5.93. The van der Waals surface area contributed by atoms with E-state index in [9.17, 15) is 14.0 Å². The smallest absolute Gasteiger partial charge is 0.325 e. The third-order valence-electron chi connectivity index (χ3n) is 3.24. The SMILES string of the molecule is CC(=O)C1(N)C=CN([C@@H]2O[C@H](CO)C[C@H]2F)C(=O)N1. The number of nitrogens with two attached hydrogens (primary N) is 1. The summed E-state index contributed by atoms with van der Waals surface area (Å²) in [6.07, 6.45) is -0.645. The van der Waals surface area contributed by atoms with E-state index in [0.29, 0.717) is 0 Å². The summed E-state index contributed by atoms with van der Waals surface area (Å²) in [7, 11) is 0. The molecule has 4 atom stereocenters. The molecule has 0 radical (unpaired) electrons. The molecule has 2 amide bonds. The Kier molecular flexibility index (Phi) is 3.57. The molecule has 0 aliphatic carbocycles. The monoisotopic (exact) mass is 273 g/mol. The molecule has 7 nitrogen and oxygen atoms in total. The van der Waals surface area contributed by atoms with E-state index in [1.165, 1.54) is 19.2 Å². The third kappa shape index (κ3) is 2.46. The number of aliphatic hydroxyl groups excluding tert-OH is 1. The molecule has 1 saturated heterocycles. The molecule has 0 aromatic carbocycles. The molecule has 2 aliphatic heterocycles. The van der Waals surface area contributed by atoms with Gasteiger partial charge in [0.15, 0.2) is 17.7 Å².